The van der Waals surface area contributed by atoms with Gasteiger partial charge in [0, 0.05) is 6.54 Å². The first-order chi connectivity index (χ1) is 9.11. The fourth-order valence-corrected chi connectivity index (χ4v) is 2.57. The normalized spacial score (nSPS) is 26.3. The van der Waals surface area contributed by atoms with Crippen molar-refractivity contribution < 1.29 is 14.0 Å². The van der Waals surface area contributed by atoms with Crippen molar-refractivity contribution in [2.45, 2.75) is 18.5 Å². The Morgan fingerprint density at radius 3 is 2.63 bits per heavy atom. The molecule has 6 heteroatoms. The van der Waals surface area contributed by atoms with E-state index in [2.05, 4.69) is 10.6 Å². The summed E-state index contributed by atoms with van der Waals surface area (Å²) in [5.74, 6) is -0.538. The molecule has 2 heterocycles. The van der Waals surface area contributed by atoms with Crippen molar-refractivity contribution >= 4 is 11.9 Å². The lowest BCUT2D eigenvalue weighted by Crippen LogP contribution is -2.48. The van der Waals surface area contributed by atoms with E-state index in [1.807, 2.05) is 0 Å². The Morgan fingerprint density at radius 2 is 2.00 bits per heavy atom. The number of carbonyl (C=O) groups excluding carboxylic acids is 2. The van der Waals surface area contributed by atoms with Crippen molar-refractivity contribution in [2.24, 2.45) is 0 Å². The molecule has 0 saturated carbocycles. The first-order valence-electron chi connectivity index (χ1n) is 6.20. The van der Waals surface area contributed by atoms with Gasteiger partial charge in [0.2, 0.25) is 0 Å². The van der Waals surface area contributed by atoms with E-state index < -0.39 is 5.54 Å². The third-order valence-corrected chi connectivity index (χ3v) is 3.66. The van der Waals surface area contributed by atoms with E-state index in [4.69, 9.17) is 0 Å². The summed E-state index contributed by atoms with van der Waals surface area (Å²) in [6.45, 7) is 1.36. The first-order valence-corrected chi connectivity index (χ1v) is 6.20. The molecule has 1 aromatic carbocycles. The van der Waals surface area contributed by atoms with Gasteiger partial charge in [-0.3, -0.25) is 9.69 Å². The Morgan fingerprint density at radius 1 is 1.26 bits per heavy atom. The molecule has 1 unspecified atom stereocenters. The maximum atomic E-state index is 12.8. The molecule has 5 nitrogen and oxygen atoms in total. The molecule has 2 aliphatic rings. The lowest BCUT2D eigenvalue weighted by Gasteiger charge is -2.19. The highest BCUT2D eigenvalue weighted by Gasteiger charge is 2.52. The van der Waals surface area contributed by atoms with Crippen LogP contribution in [0.4, 0.5) is 9.18 Å². The van der Waals surface area contributed by atoms with E-state index in [1.54, 1.807) is 12.1 Å². The van der Waals surface area contributed by atoms with E-state index in [0.29, 0.717) is 13.0 Å². The monoisotopic (exact) mass is 263 g/mol. The molecule has 1 aromatic rings. The molecule has 3 rings (SSSR count). The van der Waals surface area contributed by atoms with Crippen LogP contribution in [0.15, 0.2) is 24.3 Å². The fraction of sp³-hybridized carbons (Fsp3) is 0.385. The van der Waals surface area contributed by atoms with Crippen LogP contribution in [0.3, 0.4) is 0 Å². The highest BCUT2D eigenvalue weighted by Crippen LogP contribution is 2.25. The molecule has 0 radical (unpaired) electrons. The summed E-state index contributed by atoms with van der Waals surface area (Å²) in [7, 11) is 0. The summed E-state index contributed by atoms with van der Waals surface area (Å²) in [4.78, 5) is 25.4. The lowest BCUT2D eigenvalue weighted by atomic mass is 9.99. The van der Waals surface area contributed by atoms with Crippen LogP contribution in [0.25, 0.3) is 0 Å². The van der Waals surface area contributed by atoms with E-state index in [1.165, 1.54) is 17.0 Å². The summed E-state index contributed by atoms with van der Waals surface area (Å²) in [5, 5.41) is 5.85. The minimum Gasteiger partial charge on any atom is -0.322 e. The highest BCUT2D eigenvalue weighted by atomic mass is 19.1. The number of halogens is 1. The van der Waals surface area contributed by atoms with Crippen molar-refractivity contribution in [3.8, 4) is 0 Å². The molecular weight excluding hydrogens is 249 g/mol. The lowest BCUT2D eigenvalue weighted by molar-refractivity contribution is -0.131. The summed E-state index contributed by atoms with van der Waals surface area (Å²) in [6.07, 6.45) is 0.609. The molecule has 2 aliphatic heterocycles. The van der Waals surface area contributed by atoms with Gasteiger partial charge in [0.25, 0.3) is 5.91 Å². The predicted molar refractivity (Wildman–Crippen MR) is 65.7 cm³/mol. The average molecular weight is 263 g/mol. The Kier molecular flexibility index (Phi) is 2.74. The molecule has 0 bridgehead atoms. The Hall–Kier alpha value is -1.95. The quantitative estimate of drug-likeness (QED) is 0.769. The van der Waals surface area contributed by atoms with Crippen molar-refractivity contribution in [1.29, 1.82) is 0 Å². The van der Waals surface area contributed by atoms with Gasteiger partial charge in [0.05, 0.1) is 6.54 Å². The van der Waals surface area contributed by atoms with Crippen LogP contribution in [-0.2, 0) is 11.3 Å². The largest absolute Gasteiger partial charge is 0.325 e. The third kappa shape index (κ3) is 1.98. The van der Waals surface area contributed by atoms with Crippen molar-refractivity contribution in [3.63, 3.8) is 0 Å². The van der Waals surface area contributed by atoms with Crippen LogP contribution in [0.1, 0.15) is 12.0 Å². The van der Waals surface area contributed by atoms with Gasteiger partial charge in [-0.25, -0.2) is 9.18 Å². The second-order valence-corrected chi connectivity index (χ2v) is 4.96. The maximum Gasteiger partial charge on any atom is 0.325 e. The second kappa shape index (κ2) is 4.31. The summed E-state index contributed by atoms with van der Waals surface area (Å²) in [6, 6.07) is 5.42. The van der Waals surface area contributed by atoms with Gasteiger partial charge in [-0.1, -0.05) is 12.1 Å². The summed E-state index contributed by atoms with van der Waals surface area (Å²) < 4.78 is 12.8. The number of carbonyl (C=O) groups is 2. The molecule has 1 atom stereocenters. The zero-order valence-electron chi connectivity index (χ0n) is 10.3. The van der Waals surface area contributed by atoms with E-state index in [-0.39, 0.29) is 24.3 Å². The smallest absolute Gasteiger partial charge is 0.322 e. The number of urea groups is 1. The van der Waals surface area contributed by atoms with Gasteiger partial charge in [-0.15, -0.1) is 0 Å². The number of rotatable bonds is 2. The highest BCUT2D eigenvalue weighted by molar-refractivity contribution is 6.07. The minimum atomic E-state index is -0.781. The first kappa shape index (κ1) is 12.1. The Bertz CT molecular complexity index is 523. The molecule has 100 valence electrons. The van der Waals surface area contributed by atoms with Gasteiger partial charge < -0.3 is 10.6 Å². The van der Waals surface area contributed by atoms with Gasteiger partial charge >= 0.3 is 6.03 Å². The molecular formula is C13H14FN3O2. The number of nitrogens with one attached hydrogen (secondary N) is 2. The van der Waals surface area contributed by atoms with Crippen molar-refractivity contribution in [1.82, 2.24) is 15.5 Å². The number of benzene rings is 1. The summed E-state index contributed by atoms with van der Waals surface area (Å²) in [5.41, 5.74) is -0.0511. The van der Waals surface area contributed by atoms with Gasteiger partial charge in [0.1, 0.15) is 11.4 Å². The fourth-order valence-electron chi connectivity index (χ4n) is 2.57. The molecule has 2 N–H and O–H groups in total. The summed E-state index contributed by atoms with van der Waals surface area (Å²) >= 11 is 0. The predicted octanol–water partition coefficient (Wildman–Crippen LogP) is 0.610. The van der Waals surface area contributed by atoms with Crippen LogP contribution >= 0.6 is 0 Å². The van der Waals surface area contributed by atoms with Crippen LogP contribution in [0.2, 0.25) is 0 Å². The SMILES string of the molecule is O=C1NC2(CCNC2)C(=O)N1Cc1ccc(F)cc1. The molecule has 0 aliphatic carbocycles. The molecule has 2 fully saturated rings. The third-order valence-electron chi connectivity index (χ3n) is 3.66. The van der Waals surface area contributed by atoms with Crippen molar-refractivity contribution in [3.05, 3.63) is 35.6 Å². The van der Waals surface area contributed by atoms with Crippen molar-refractivity contribution in [2.75, 3.05) is 13.1 Å². The average Bonchev–Trinajstić information content (AvgIpc) is 2.94. The van der Waals surface area contributed by atoms with Gasteiger partial charge in [-0.2, -0.15) is 0 Å². The zero-order chi connectivity index (χ0) is 13.5. The van der Waals surface area contributed by atoms with Crippen LogP contribution in [0.5, 0.6) is 0 Å². The number of hydrogen-bond acceptors (Lipinski definition) is 3. The van der Waals surface area contributed by atoms with E-state index in [9.17, 15) is 14.0 Å². The topological polar surface area (TPSA) is 61.4 Å². The number of hydrogen-bond donors (Lipinski definition) is 2. The molecule has 3 amide bonds. The number of imide groups is 1. The maximum absolute atomic E-state index is 12.8. The standard InChI is InChI=1S/C13H14FN3O2/c14-10-3-1-9(2-4-10)7-17-11(18)13(16-12(17)19)5-6-15-8-13/h1-4,15H,5-8H2,(H,16,19). The Labute approximate surface area is 109 Å². The second-order valence-electron chi connectivity index (χ2n) is 4.96. The van der Waals surface area contributed by atoms with Crippen LogP contribution in [0, 0.1) is 5.82 Å². The van der Waals surface area contributed by atoms with Gasteiger partial charge in [-0.05, 0) is 30.7 Å². The van der Waals surface area contributed by atoms with Gasteiger partial charge in [0.15, 0.2) is 0 Å². The van der Waals surface area contributed by atoms with Crippen LogP contribution in [-0.4, -0.2) is 35.5 Å². The zero-order valence-corrected chi connectivity index (χ0v) is 10.3. The Balaban J connectivity index is 1.79. The number of amides is 3. The minimum absolute atomic E-state index is 0.173. The molecule has 0 aromatic heterocycles. The molecule has 1 spiro atoms. The number of nitrogens with zero attached hydrogens (tertiary/aromatic N) is 1. The molecule has 2 saturated heterocycles. The van der Waals surface area contributed by atoms with E-state index in [0.717, 1.165) is 12.1 Å². The molecule has 19 heavy (non-hydrogen) atoms. The van der Waals surface area contributed by atoms with Crippen LogP contribution < -0.4 is 10.6 Å². The van der Waals surface area contributed by atoms with E-state index >= 15 is 0 Å².